The van der Waals surface area contributed by atoms with Crippen LogP contribution in [0.15, 0.2) is 30.6 Å². The van der Waals surface area contributed by atoms with Crippen LogP contribution in [0.1, 0.15) is 35.4 Å². The fraction of sp³-hybridized carbons (Fsp3) is 0.524. The number of ether oxygens (including phenoxy) is 1. The smallest absolute Gasteiger partial charge is 0.240 e. The van der Waals surface area contributed by atoms with Gasteiger partial charge in [-0.3, -0.25) is 9.69 Å². The summed E-state index contributed by atoms with van der Waals surface area (Å²) >= 11 is 0. The number of fused-ring (bicyclic) bond motifs is 1. The molecular weight excluding hydrogens is 340 g/mol. The molecule has 1 aliphatic heterocycles. The van der Waals surface area contributed by atoms with Crippen molar-refractivity contribution in [2.75, 3.05) is 26.3 Å². The summed E-state index contributed by atoms with van der Waals surface area (Å²) in [6.45, 7) is 5.36. The van der Waals surface area contributed by atoms with Crippen LogP contribution in [0.25, 0.3) is 0 Å². The van der Waals surface area contributed by atoms with Gasteiger partial charge in [-0.25, -0.2) is 4.98 Å². The first-order valence-electron chi connectivity index (χ1n) is 9.96. The third-order valence-electron chi connectivity index (χ3n) is 5.52. The molecule has 6 nitrogen and oxygen atoms in total. The number of amides is 1. The molecule has 0 bridgehead atoms. The molecule has 6 heteroatoms. The Hall–Kier alpha value is -2.18. The minimum absolute atomic E-state index is 0.0435. The fourth-order valence-corrected chi connectivity index (χ4v) is 3.96. The van der Waals surface area contributed by atoms with Crippen LogP contribution in [0.5, 0.6) is 0 Å². The van der Waals surface area contributed by atoms with Gasteiger partial charge in [0, 0.05) is 31.9 Å². The van der Waals surface area contributed by atoms with Gasteiger partial charge in [0.05, 0.1) is 25.2 Å². The summed E-state index contributed by atoms with van der Waals surface area (Å²) in [5.41, 5.74) is 4.87. The van der Waals surface area contributed by atoms with Gasteiger partial charge < -0.3 is 14.6 Å². The lowest BCUT2D eigenvalue weighted by Crippen LogP contribution is -2.36. The number of aromatic nitrogens is 2. The Kier molecular flexibility index (Phi) is 5.84. The number of hydrogen-bond donors (Lipinski definition) is 1. The number of morpholine rings is 1. The molecule has 1 aliphatic carbocycles. The van der Waals surface area contributed by atoms with E-state index in [9.17, 15) is 4.79 Å². The number of imidazole rings is 1. The van der Waals surface area contributed by atoms with E-state index in [0.717, 1.165) is 45.7 Å². The molecule has 2 heterocycles. The Morgan fingerprint density at radius 1 is 1.11 bits per heavy atom. The van der Waals surface area contributed by atoms with Gasteiger partial charge in [-0.05, 0) is 36.8 Å². The average molecular weight is 368 g/mol. The fourth-order valence-electron chi connectivity index (χ4n) is 3.96. The summed E-state index contributed by atoms with van der Waals surface area (Å²) in [6.07, 6.45) is 6.29. The van der Waals surface area contributed by atoms with Crippen LogP contribution in [-0.4, -0.2) is 46.7 Å². The molecule has 1 amide bonds. The normalized spacial score (nSPS) is 17.5. The van der Waals surface area contributed by atoms with Gasteiger partial charge >= 0.3 is 0 Å². The largest absolute Gasteiger partial charge is 0.379 e. The van der Waals surface area contributed by atoms with Gasteiger partial charge in [0.1, 0.15) is 6.54 Å². The van der Waals surface area contributed by atoms with Crippen molar-refractivity contribution in [2.24, 2.45) is 0 Å². The van der Waals surface area contributed by atoms with E-state index >= 15 is 0 Å². The number of hydrogen-bond acceptors (Lipinski definition) is 4. The highest BCUT2D eigenvalue weighted by atomic mass is 16.5. The lowest BCUT2D eigenvalue weighted by molar-refractivity contribution is -0.121. The highest BCUT2D eigenvalue weighted by molar-refractivity contribution is 5.75. The molecule has 0 atom stereocenters. The Morgan fingerprint density at radius 2 is 1.89 bits per heavy atom. The molecule has 1 saturated heterocycles. The second-order valence-corrected chi connectivity index (χ2v) is 7.41. The maximum Gasteiger partial charge on any atom is 0.240 e. The van der Waals surface area contributed by atoms with E-state index in [1.54, 1.807) is 0 Å². The Balaban J connectivity index is 1.34. The number of nitrogens with zero attached hydrogens (tertiary/aromatic N) is 3. The monoisotopic (exact) mass is 368 g/mol. The third kappa shape index (κ3) is 4.57. The molecule has 27 heavy (non-hydrogen) atoms. The predicted molar refractivity (Wildman–Crippen MR) is 103 cm³/mol. The summed E-state index contributed by atoms with van der Waals surface area (Å²) in [5.74, 6) is 0.0435. The Bertz CT molecular complexity index is 780. The highest BCUT2D eigenvalue weighted by Crippen LogP contribution is 2.19. The second kappa shape index (κ2) is 8.67. The quantitative estimate of drug-likeness (QED) is 0.846. The SMILES string of the molecule is O=C(Cn1cnc2c1CCCC2)NCc1ccccc1CN1CCOCC1. The molecule has 2 aliphatic rings. The van der Waals surface area contributed by atoms with E-state index in [0.29, 0.717) is 13.1 Å². The van der Waals surface area contributed by atoms with Gasteiger partial charge in [0.15, 0.2) is 0 Å². The molecule has 4 rings (SSSR count). The van der Waals surface area contributed by atoms with Crippen LogP contribution in [0.2, 0.25) is 0 Å². The molecule has 1 aromatic heterocycles. The zero-order valence-electron chi connectivity index (χ0n) is 15.8. The standard InChI is InChI=1S/C21H28N4O2/c26-21(15-25-16-23-19-7-3-4-8-20(19)25)22-13-17-5-1-2-6-18(17)14-24-9-11-27-12-10-24/h1-2,5-6,16H,3-4,7-15H2,(H,22,26). The molecule has 0 spiro atoms. The van der Waals surface area contributed by atoms with Crippen molar-refractivity contribution in [3.8, 4) is 0 Å². The van der Waals surface area contributed by atoms with Gasteiger partial charge in [-0.1, -0.05) is 24.3 Å². The first kappa shape index (κ1) is 18.2. The van der Waals surface area contributed by atoms with Gasteiger partial charge in [-0.2, -0.15) is 0 Å². The summed E-state index contributed by atoms with van der Waals surface area (Å²) in [6, 6.07) is 8.37. The summed E-state index contributed by atoms with van der Waals surface area (Å²) in [5, 5.41) is 3.09. The first-order valence-corrected chi connectivity index (χ1v) is 9.96. The van der Waals surface area contributed by atoms with Crippen molar-refractivity contribution >= 4 is 5.91 Å². The van der Waals surface area contributed by atoms with Crippen molar-refractivity contribution in [1.82, 2.24) is 19.8 Å². The molecule has 1 N–H and O–H groups in total. The van der Waals surface area contributed by atoms with Crippen molar-refractivity contribution in [3.63, 3.8) is 0 Å². The molecule has 0 unspecified atom stereocenters. The van der Waals surface area contributed by atoms with Crippen LogP contribution in [0, 0.1) is 0 Å². The third-order valence-corrected chi connectivity index (χ3v) is 5.52. The van der Waals surface area contributed by atoms with E-state index in [1.165, 1.54) is 35.4 Å². The molecular formula is C21H28N4O2. The van der Waals surface area contributed by atoms with Crippen molar-refractivity contribution in [2.45, 2.75) is 45.3 Å². The lowest BCUT2D eigenvalue weighted by atomic mass is 10.0. The van der Waals surface area contributed by atoms with E-state index in [-0.39, 0.29) is 5.91 Å². The number of nitrogens with one attached hydrogen (secondary N) is 1. The molecule has 2 aromatic rings. The minimum Gasteiger partial charge on any atom is -0.379 e. The zero-order chi connectivity index (χ0) is 18.5. The van der Waals surface area contributed by atoms with Gasteiger partial charge in [0.25, 0.3) is 0 Å². The lowest BCUT2D eigenvalue weighted by Gasteiger charge is -2.27. The van der Waals surface area contributed by atoms with Crippen LogP contribution in [-0.2, 0) is 42.0 Å². The first-order chi connectivity index (χ1) is 13.3. The number of benzene rings is 1. The van der Waals surface area contributed by atoms with E-state index in [4.69, 9.17) is 4.74 Å². The highest BCUT2D eigenvalue weighted by Gasteiger charge is 2.17. The molecule has 1 fully saturated rings. The molecule has 0 saturated carbocycles. The molecule has 1 aromatic carbocycles. The van der Waals surface area contributed by atoms with Crippen molar-refractivity contribution < 1.29 is 9.53 Å². The van der Waals surface area contributed by atoms with E-state index in [1.807, 2.05) is 17.0 Å². The maximum absolute atomic E-state index is 12.5. The molecule has 144 valence electrons. The average Bonchev–Trinajstić information content (AvgIpc) is 3.11. The van der Waals surface area contributed by atoms with Crippen LogP contribution in [0.4, 0.5) is 0 Å². The number of rotatable bonds is 6. The van der Waals surface area contributed by atoms with E-state index < -0.39 is 0 Å². The summed E-state index contributed by atoms with van der Waals surface area (Å²) in [7, 11) is 0. The van der Waals surface area contributed by atoms with E-state index in [2.05, 4.69) is 33.4 Å². The van der Waals surface area contributed by atoms with Crippen LogP contribution in [0.3, 0.4) is 0 Å². The van der Waals surface area contributed by atoms with Crippen LogP contribution >= 0.6 is 0 Å². The maximum atomic E-state index is 12.5. The Morgan fingerprint density at radius 3 is 2.74 bits per heavy atom. The van der Waals surface area contributed by atoms with Crippen molar-refractivity contribution in [1.29, 1.82) is 0 Å². The minimum atomic E-state index is 0.0435. The number of carbonyl (C=O) groups is 1. The molecule has 0 radical (unpaired) electrons. The van der Waals surface area contributed by atoms with Gasteiger partial charge in [-0.15, -0.1) is 0 Å². The summed E-state index contributed by atoms with van der Waals surface area (Å²) < 4.78 is 7.45. The van der Waals surface area contributed by atoms with Gasteiger partial charge in [0.2, 0.25) is 5.91 Å². The predicted octanol–water partition coefficient (Wildman–Crippen LogP) is 1.91. The summed E-state index contributed by atoms with van der Waals surface area (Å²) in [4.78, 5) is 19.4. The van der Waals surface area contributed by atoms with Crippen molar-refractivity contribution in [3.05, 3.63) is 53.1 Å². The number of carbonyl (C=O) groups excluding carboxylic acids is 1. The topological polar surface area (TPSA) is 59.4 Å². The number of aryl methyl sites for hydroxylation is 1. The van der Waals surface area contributed by atoms with Crippen LogP contribution < -0.4 is 5.32 Å². The second-order valence-electron chi connectivity index (χ2n) is 7.41. The zero-order valence-corrected chi connectivity index (χ0v) is 15.8. The Labute approximate surface area is 160 Å².